The van der Waals surface area contributed by atoms with Crippen molar-refractivity contribution in [1.29, 1.82) is 0 Å². The lowest BCUT2D eigenvalue weighted by Crippen LogP contribution is -2.35. The minimum Gasteiger partial charge on any atom is -0.358 e. The predicted molar refractivity (Wildman–Crippen MR) is 56.9 cm³/mol. The molecule has 1 aromatic rings. The summed E-state index contributed by atoms with van der Waals surface area (Å²) >= 11 is 3.28. The van der Waals surface area contributed by atoms with Gasteiger partial charge in [-0.1, -0.05) is 0 Å². The van der Waals surface area contributed by atoms with Gasteiger partial charge in [-0.2, -0.15) is 0 Å². The third-order valence-electron chi connectivity index (χ3n) is 1.66. The van der Waals surface area contributed by atoms with Gasteiger partial charge < -0.3 is 10.6 Å². The number of hydrogen-bond acceptors (Lipinski definition) is 4. The van der Waals surface area contributed by atoms with E-state index in [4.69, 9.17) is 0 Å². The molecule has 2 N–H and O–H groups in total. The number of carbonyl (C=O) groups is 1. The highest BCUT2D eigenvalue weighted by Gasteiger charge is 2.12. The standard InChI is InChI=1S/C8H11BrN4O/c1-5(8(14)10-2)13-7-6(9)3-11-4-12-7/h3-5H,1-2H3,(H,10,14)(H,11,12,13). The molecule has 0 spiro atoms. The first-order valence-corrected chi connectivity index (χ1v) is 4.88. The van der Waals surface area contributed by atoms with Crippen molar-refractivity contribution in [3.8, 4) is 0 Å². The minimum atomic E-state index is -0.328. The number of amides is 1. The molecule has 0 fully saturated rings. The van der Waals surface area contributed by atoms with Crippen LogP contribution < -0.4 is 10.6 Å². The maximum Gasteiger partial charge on any atom is 0.241 e. The Kier molecular flexibility index (Phi) is 3.82. The summed E-state index contributed by atoms with van der Waals surface area (Å²) < 4.78 is 0.732. The van der Waals surface area contributed by atoms with Crippen LogP contribution in [0.2, 0.25) is 0 Å². The quantitative estimate of drug-likeness (QED) is 0.842. The summed E-state index contributed by atoms with van der Waals surface area (Å²) in [7, 11) is 1.59. The molecule has 1 aromatic heterocycles. The summed E-state index contributed by atoms with van der Waals surface area (Å²) in [6, 6.07) is -0.328. The molecule has 1 unspecified atom stereocenters. The van der Waals surface area contributed by atoms with E-state index in [-0.39, 0.29) is 11.9 Å². The molecule has 1 amide bonds. The monoisotopic (exact) mass is 258 g/mol. The van der Waals surface area contributed by atoms with E-state index in [1.54, 1.807) is 20.2 Å². The third-order valence-corrected chi connectivity index (χ3v) is 2.24. The van der Waals surface area contributed by atoms with Crippen molar-refractivity contribution < 1.29 is 4.79 Å². The summed E-state index contributed by atoms with van der Waals surface area (Å²) in [5.41, 5.74) is 0. The fraction of sp³-hybridized carbons (Fsp3) is 0.375. The lowest BCUT2D eigenvalue weighted by molar-refractivity contribution is -0.121. The highest BCUT2D eigenvalue weighted by atomic mass is 79.9. The van der Waals surface area contributed by atoms with Crippen molar-refractivity contribution in [3.05, 3.63) is 17.0 Å². The van der Waals surface area contributed by atoms with Crippen molar-refractivity contribution in [2.45, 2.75) is 13.0 Å². The van der Waals surface area contributed by atoms with Crippen LogP contribution in [0.1, 0.15) is 6.92 Å². The number of likely N-dealkylation sites (N-methyl/N-ethyl adjacent to an activating group) is 1. The van der Waals surface area contributed by atoms with E-state index in [1.165, 1.54) is 6.33 Å². The van der Waals surface area contributed by atoms with E-state index in [2.05, 4.69) is 36.5 Å². The Morgan fingerprint density at radius 1 is 1.64 bits per heavy atom. The number of nitrogens with zero attached hydrogens (tertiary/aromatic N) is 2. The van der Waals surface area contributed by atoms with E-state index in [1.807, 2.05) is 0 Å². The molecule has 14 heavy (non-hydrogen) atoms. The number of rotatable bonds is 3. The van der Waals surface area contributed by atoms with Crippen LogP contribution >= 0.6 is 15.9 Å². The van der Waals surface area contributed by atoms with E-state index in [0.29, 0.717) is 5.82 Å². The first kappa shape index (κ1) is 10.9. The summed E-state index contributed by atoms with van der Waals surface area (Å²) in [5, 5.41) is 5.50. The van der Waals surface area contributed by atoms with Crippen LogP contribution in [0.4, 0.5) is 5.82 Å². The predicted octanol–water partition coefficient (Wildman–Crippen LogP) is 0.785. The van der Waals surface area contributed by atoms with Crippen LogP contribution in [0.3, 0.4) is 0 Å². The Balaban J connectivity index is 2.69. The molecule has 1 atom stereocenters. The number of carbonyl (C=O) groups excluding carboxylic acids is 1. The first-order chi connectivity index (χ1) is 6.65. The molecule has 0 saturated heterocycles. The molecule has 0 aliphatic rings. The Bertz CT molecular complexity index is 331. The van der Waals surface area contributed by atoms with E-state index < -0.39 is 0 Å². The van der Waals surface area contributed by atoms with Crippen molar-refractivity contribution in [3.63, 3.8) is 0 Å². The molecule has 1 heterocycles. The molecule has 0 radical (unpaired) electrons. The molecule has 0 aliphatic heterocycles. The lowest BCUT2D eigenvalue weighted by atomic mass is 10.3. The maximum atomic E-state index is 11.2. The molecule has 0 aromatic carbocycles. The maximum absolute atomic E-state index is 11.2. The zero-order chi connectivity index (χ0) is 10.6. The Hall–Kier alpha value is -1.17. The molecule has 1 rings (SSSR count). The van der Waals surface area contributed by atoms with Gasteiger partial charge in [-0.15, -0.1) is 0 Å². The fourth-order valence-electron chi connectivity index (χ4n) is 0.906. The van der Waals surface area contributed by atoms with E-state index >= 15 is 0 Å². The van der Waals surface area contributed by atoms with Crippen LogP contribution in [0, 0.1) is 0 Å². The van der Waals surface area contributed by atoms with Gasteiger partial charge in [0.2, 0.25) is 5.91 Å². The second-order valence-corrected chi connectivity index (χ2v) is 3.55. The second-order valence-electron chi connectivity index (χ2n) is 2.70. The van der Waals surface area contributed by atoms with Gasteiger partial charge in [0.1, 0.15) is 18.2 Å². The van der Waals surface area contributed by atoms with Crippen LogP contribution in [0.5, 0.6) is 0 Å². The zero-order valence-electron chi connectivity index (χ0n) is 7.91. The summed E-state index contributed by atoms with van der Waals surface area (Å²) in [6.45, 7) is 1.76. The number of aromatic nitrogens is 2. The van der Waals surface area contributed by atoms with Gasteiger partial charge in [0.15, 0.2) is 0 Å². The highest BCUT2D eigenvalue weighted by molar-refractivity contribution is 9.10. The van der Waals surface area contributed by atoms with Gasteiger partial charge in [-0.3, -0.25) is 4.79 Å². The Morgan fingerprint density at radius 2 is 2.36 bits per heavy atom. The average molecular weight is 259 g/mol. The van der Waals surface area contributed by atoms with Crippen LogP contribution in [-0.4, -0.2) is 29.0 Å². The molecule has 76 valence electrons. The number of nitrogens with one attached hydrogen (secondary N) is 2. The summed E-state index contributed by atoms with van der Waals surface area (Å²) in [5.74, 6) is 0.520. The van der Waals surface area contributed by atoms with Gasteiger partial charge in [0.25, 0.3) is 0 Å². The number of halogens is 1. The number of hydrogen-bond donors (Lipinski definition) is 2. The lowest BCUT2D eigenvalue weighted by Gasteiger charge is -2.13. The minimum absolute atomic E-state index is 0.0875. The van der Waals surface area contributed by atoms with Crippen LogP contribution in [0.25, 0.3) is 0 Å². The zero-order valence-corrected chi connectivity index (χ0v) is 9.50. The highest BCUT2D eigenvalue weighted by Crippen LogP contribution is 2.17. The third kappa shape index (κ3) is 2.66. The van der Waals surface area contributed by atoms with Crippen molar-refractivity contribution in [2.75, 3.05) is 12.4 Å². The number of anilines is 1. The van der Waals surface area contributed by atoms with Crippen LogP contribution in [0.15, 0.2) is 17.0 Å². The van der Waals surface area contributed by atoms with E-state index in [9.17, 15) is 4.79 Å². The summed E-state index contributed by atoms with van der Waals surface area (Å²) in [6.07, 6.45) is 3.04. The topological polar surface area (TPSA) is 66.9 Å². The molecule has 0 aliphatic carbocycles. The van der Waals surface area contributed by atoms with Gasteiger partial charge >= 0.3 is 0 Å². The van der Waals surface area contributed by atoms with Crippen molar-refractivity contribution in [2.24, 2.45) is 0 Å². The normalized spacial score (nSPS) is 11.9. The molecule has 6 heteroatoms. The average Bonchev–Trinajstić information content (AvgIpc) is 2.20. The molecule has 5 nitrogen and oxygen atoms in total. The van der Waals surface area contributed by atoms with Gasteiger partial charge in [-0.05, 0) is 22.9 Å². The Morgan fingerprint density at radius 3 is 2.93 bits per heavy atom. The molecular formula is C8H11BrN4O. The fourth-order valence-corrected chi connectivity index (χ4v) is 1.24. The van der Waals surface area contributed by atoms with Crippen molar-refractivity contribution >= 4 is 27.7 Å². The largest absolute Gasteiger partial charge is 0.358 e. The smallest absolute Gasteiger partial charge is 0.241 e. The Labute approximate surface area is 90.5 Å². The second kappa shape index (κ2) is 4.90. The molecular weight excluding hydrogens is 248 g/mol. The SMILES string of the molecule is CNC(=O)C(C)Nc1ncncc1Br. The van der Waals surface area contributed by atoms with Crippen molar-refractivity contribution in [1.82, 2.24) is 15.3 Å². The summed E-state index contributed by atoms with van der Waals surface area (Å²) in [4.78, 5) is 19.0. The first-order valence-electron chi connectivity index (χ1n) is 4.08. The molecule has 0 bridgehead atoms. The molecule has 0 saturated carbocycles. The van der Waals surface area contributed by atoms with Crippen LogP contribution in [-0.2, 0) is 4.79 Å². The van der Waals surface area contributed by atoms with Gasteiger partial charge in [0, 0.05) is 13.2 Å². The van der Waals surface area contributed by atoms with E-state index in [0.717, 1.165) is 4.47 Å². The van der Waals surface area contributed by atoms with Gasteiger partial charge in [-0.25, -0.2) is 9.97 Å². The van der Waals surface area contributed by atoms with Gasteiger partial charge in [0.05, 0.1) is 4.47 Å².